The fraction of sp³-hybridized carbons (Fsp3) is 0.545. The SMILES string of the molecule is CNC(=O)C(C)NC1CCc2sc(Cl)cc21. The van der Waals surface area contributed by atoms with E-state index in [0.29, 0.717) is 0 Å². The summed E-state index contributed by atoms with van der Waals surface area (Å²) in [4.78, 5) is 12.8. The molecule has 2 atom stereocenters. The van der Waals surface area contributed by atoms with Crippen molar-refractivity contribution in [2.24, 2.45) is 0 Å². The number of carbonyl (C=O) groups is 1. The standard InChI is InChI=1S/C11H15ClN2OS/c1-6(11(15)13-2)14-8-3-4-9-7(8)5-10(12)16-9/h5-6,8,14H,3-4H2,1-2H3,(H,13,15). The summed E-state index contributed by atoms with van der Waals surface area (Å²) in [5, 5.41) is 5.98. The molecule has 0 spiro atoms. The van der Waals surface area contributed by atoms with Crippen LogP contribution in [0.15, 0.2) is 6.07 Å². The van der Waals surface area contributed by atoms with Gasteiger partial charge < -0.3 is 5.32 Å². The van der Waals surface area contributed by atoms with E-state index in [1.165, 1.54) is 10.4 Å². The number of hydrogen-bond donors (Lipinski definition) is 2. The summed E-state index contributed by atoms with van der Waals surface area (Å²) < 4.78 is 0.837. The Bertz CT molecular complexity index is 405. The lowest BCUT2D eigenvalue weighted by molar-refractivity contribution is -0.122. The molecule has 0 fully saturated rings. The minimum atomic E-state index is -0.167. The van der Waals surface area contributed by atoms with Gasteiger partial charge in [0.2, 0.25) is 5.91 Å². The highest BCUT2D eigenvalue weighted by atomic mass is 35.5. The van der Waals surface area contributed by atoms with Crippen molar-refractivity contribution in [2.45, 2.75) is 31.8 Å². The Labute approximate surface area is 104 Å². The summed E-state index contributed by atoms with van der Waals surface area (Å²) in [5.74, 6) is 0.0229. The van der Waals surface area contributed by atoms with E-state index in [1.54, 1.807) is 18.4 Å². The van der Waals surface area contributed by atoms with E-state index in [1.807, 2.05) is 13.0 Å². The van der Waals surface area contributed by atoms with Crippen LogP contribution >= 0.6 is 22.9 Å². The molecule has 5 heteroatoms. The first-order chi connectivity index (χ1) is 7.61. The second-order valence-electron chi connectivity index (χ2n) is 4.02. The first-order valence-corrected chi connectivity index (χ1v) is 6.57. The monoisotopic (exact) mass is 258 g/mol. The Kier molecular flexibility index (Phi) is 3.52. The van der Waals surface area contributed by atoms with E-state index >= 15 is 0 Å². The summed E-state index contributed by atoms with van der Waals surface area (Å²) >= 11 is 7.63. The first kappa shape index (κ1) is 11.9. The van der Waals surface area contributed by atoms with Gasteiger partial charge in [0, 0.05) is 18.0 Å². The zero-order chi connectivity index (χ0) is 11.7. The minimum Gasteiger partial charge on any atom is -0.358 e. The lowest BCUT2D eigenvalue weighted by Crippen LogP contribution is -2.41. The molecule has 0 aliphatic heterocycles. The summed E-state index contributed by atoms with van der Waals surface area (Å²) in [6, 6.07) is 2.12. The molecule has 1 aliphatic rings. The smallest absolute Gasteiger partial charge is 0.236 e. The van der Waals surface area contributed by atoms with Gasteiger partial charge in [-0.15, -0.1) is 11.3 Å². The zero-order valence-corrected chi connectivity index (χ0v) is 10.9. The number of halogens is 1. The second-order valence-corrected chi connectivity index (χ2v) is 5.79. The molecule has 16 heavy (non-hydrogen) atoms. The Morgan fingerprint density at radius 1 is 1.69 bits per heavy atom. The Hall–Kier alpha value is -0.580. The third-order valence-electron chi connectivity index (χ3n) is 2.94. The highest BCUT2D eigenvalue weighted by Gasteiger charge is 2.27. The van der Waals surface area contributed by atoms with Crippen molar-refractivity contribution in [3.63, 3.8) is 0 Å². The molecule has 3 nitrogen and oxygen atoms in total. The summed E-state index contributed by atoms with van der Waals surface area (Å²) in [5.41, 5.74) is 1.27. The number of fused-ring (bicyclic) bond motifs is 1. The number of thiophene rings is 1. The van der Waals surface area contributed by atoms with Crippen LogP contribution in [-0.2, 0) is 11.2 Å². The van der Waals surface area contributed by atoms with Gasteiger partial charge in [-0.05, 0) is 31.4 Å². The van der Waals surface area contributed by atoms with Crippen molar-refractivity contribution in [3.05, 3.63) is 20.8 Å². The summed E-state index contributed by atoms with van der Waals surface area (Å²) in [6.07, 6.45) is 2.12. The van der Waals surface area contributed by atoms with Gasteiger partial charge >= 0.3 is 0 Å². The van der Waals surface area contributed by atoms with E-state index in [4.69, 9.17) is 11.6 Å². The highest BCUT2D eigenvalue weighted by Crippen LogP contribution is 2.39. The quantitative estimate of drug-likeness (QED) is 0.872. The minimum absolute atomic E-state index is 0.0229. The van der Waals surface area contributed by atoms with Gasteiger partial charge in [0.15, 0.2) is 0 Å². The average molecular weight is 259 g/mol. The predicted molar refractivity (Wildman–Crippen MR) is 67.1 cm³/mol. The number of hydrogen-bond acceptors (Lipinski definition) is 3. The largest absolute Gasteiger partial charge is 0.358 e. The van der Waals surface area contributed by atoms with Crippen molar-refractivity contribution in [1.82, 2.24) is 10.6 Å². The van der Waals surface area contributed by atoms with Crippen molar-refractivity contribution < 1.29 is 4.79 Å². The summed E-state index contributed by atoms with van der Waals surface area (Å²) in [6.45, 7) is 1.88. The second kappa shape index (κ2) is 4.73. The molecule has 2 rings (SSSR count). The number of likely N-dealkylation sites (N-methyl/N-ethyl adjacent to an activating group) is 1. The van der Waals surface area contributed by atoms with E-state index in [2.05, 4.69) is 10.6 Å². The molecule has 0 aromatic carbocycles. The van der Waals surface area contributed by atoms with Crippen molar-refractivity contribution in [1.29, 1.82) is 0 Å². The maximum Gasteiger partial charge on any atom is 0.236 e. The molecular weight excluding hydrogens is 244 g/mol. The molecule has 1 aromatic heterocycles. The number of aryl methyl sites for hydroxylation is 1. The van der Waals surface area contributed by atoms with E-state index in [0.717, 1.165) is 17.2 Å². The van der Waals surface area contributed by atoms with E-state index < -0.39 is 0 Å². The fourth-order valence-corrected chi connectivity index (χ4v) is 3.45. The molecule has 1 aromatic rings. The van der Waals surface area contributed by atoms with Crippen LogP contribution < -0.4 is 10.6 Å². The molecule has 2 N–H and O–H groups in total. The number of carbonyl (C=O) groups excluding carboxylic acids is 1. The van der Waals surface area contributed by atoms with Gasteiger partial charge in [-0.2, -0.15) is 0 Å². The number of nitrogens with one attached hydrogen (secondary N) is 2. The maximum absolute atomic E-state index is 11.4. The molecule has 1 amide bonds. The highest BCUT2D eigenvalue weighted by molar-refractivity contribution is 7.16. The van der Waals surface area contributed by atoms with E-state index in [-0.39, 0.29) is 18.0 Å². The maximum atomic E-state index is 11.4. The molecule has 88 valence electrons. The Morgan fingerprint density at radius 2 is 2.44 bits per heavy atom. The third kappa shape index (κ3) is 2.24. The Balaban J connectivity index is 2.05. The van der Waals surface area contributed by atoms with Gasteiger partial charge in [0.25, 0.3) is 0 Å². The van der Waals surface area contributed by atoms with Gasteiger partial charge in [-0.3, -0.25) is 10.1 Å². The molecule has 0 saturated carbocycles. The first-order valence-electron chi connectivity index (χ1n) is 5.37. The molecule has 0 saturated heterocycles. The molecule has 1 aliphatic carbocycles. The molecular formula is C11H15ClN2OS. The van der Waals surface area contributed by atoms with Crippen LogP contribution in [0.4, 0.5) is 0 Å². The van der Waals surface area contributed by atoms with Crippen LogP contribution in [0.1, 0.15) is 29.8 Å². The lowest BCUT2D eigenvalue weighted by Gasteiger charge is -2.18. The summed E-state index contributed by atoms with van der Waals surface area (Å²) in [7, 11) is 1.65. The van der Waals surface area contributed by atoms with Gasteiger partial charge in [-0.25, -0.2) is 0 Å². The van der Waals surface area contributed by atoms with Crippen LogP contribution in [-0.4, -0.2) is 19.0 Å². The average Bonchev–Trinajstić information content (AvgIpc) is 2.78. The van der Waals surface area contributed by atoms with Crippen molar-refractivity contribution in [2.75, 3.05) is 7.05 Å². The van der Waals surface area contributed by atoms with Gasteiger partial charge in [0.1, 0.15) is 0 Å². The van der Waals surface area contributed by atoms with Crippen molar-refractivity contribution in [3.8, 4) is 0 Å². The van der Waals surface area contributed by atoms with Crippen LogP contribution in [0.25, 0.3) is 0 Å². The molecule has 0 radical (unpaired) electrons. The fourth-order valence-electron chi connectivity index (χ4n) is 2.10. The van der Waals surface area contributed by atoms with Crippen LogP contribution in [0.3, 0.4) is 0 Å². The normalized spacial score (nSPS) is 20.6. The van der Waals surface area contributed by atoms with Crippen LogP contribution in [0.2, 0.25) is 4.34 Å². The number of amides is 1. The molecule has 1 heterocycles. The topological polar surface area (TPSA) is 41.1 Å². The molecule has 2 unspecified atom stereocenters. The van der Waals surface area contributed by atoms with E-state index in [9.17, 15) is 4.79 Å². The zero-order valence-electron chi connectivity index (χ0n) is 9.34. The van der Waals surface area contributed by atoms with Crippen molar-refractivity contribution >= 4 is 28.8 Å². The van der Waals surface area contributed by atoms with Crippen LogP contribution in [0.5, 0.6) is 0 Å². The van der Waals surface area contributed by atoms with Gasteiger partial charge in [-0.1, -0.05) is 11.6 Å². The number of rotatable bonds is 3. The van der Waals surface area contributed by atoms with Gasteiger partial charge in [0.05, 0.1) is 10.4 Å². The lowest BCUT2D eigenvalue weighted by atomic mass is 10.1. The predicted octanol–water partition coefficient (Wildman–Crippen LogP) is 2.11. The molecule has 0 bridgehead atoms. The third-order valence-corrected chi connectivity index (χ3v) is 4.28. The Morgan fingerprint density at radius 3 is 3.12 bits per heavy atom. The van der Waals surface area contributed by atoms with Crippen LogP contribution in [0, 0.1) is 0 Å².